The summed E-state index contributed by atoms with van der Waals surface area (Å²) in [6.45, 7) is 3.30. The summed E-state index contributed by atoms with van der Waals surface area (Å²) in [5, 5.41) is 9.10. The highest BCUT2D eigenvalue weighted by Gasteiger charge is 2.22. The van der Waals surface area contributed by atoms with Crippen LogP contribution < -0.4 is 0 Å². The number of carbonyl (C=O) groups is 1. The molecule has 1 saturated heterocycles. The molecule has 5 heteroatoms. The summed E-state index contributed by atoms with van der Waals surface area (Å²) >= 11 is 2.86. The summed E-state index contributed by atoms with van der Waals surface area (Å²) in [7, 11) is 0. The third-order valence-corrected chi connectivity index (χ3v) is 3.88. The van der Waals surface area contributed by atoms with Crippen LogP contribution in [0.3, 0.4) is 0 Å². The van der Waals surface area contributed by atoms with Gasteiger partial charge in [0, 0.05) is 17.6 Å². The normalized spacial score (nSPS) is 29.4. The first-order valence-corrected chi connectivity index (χ1v) is 5.56. The molecule has 12 heavy (non-hydrogen) atoms. The Kier molecular flexibility index (Phi) is 3.97. The van der Waals surface area contributed by atoms with Crippen LogP contribution in [0.15, 0.2) is 12.7 Å². The van der Waals surface area contributed by atoms with E-state index in [9.17, 15) is 4.79 Å². The lowest BCUT2D eigenvalue weighted by Gasteiger charge is -2.23. The summed E-state index contributed by atoms with van der Waals surface area (Å²) < 4.78 is 4.96. The Labute approximate surface area is 79.5 Å². The lowest BCUT2D eigenvalue weighted by Crippen LogP contribution is -2.24. The second-order valence-corrected chi connectivity index (χ2v) is 4.60. The Bertz CT molecular complexity index is 175. The third kappa shape index (κ3) is 3.08. The Morgan fingerprint density at radius 2 is 2.33 bits per heavy atom. The van der Waals surface area contributed by atoms with E-state index in [-0.39, 0.29) is 10.9 Å². The van der Waals surface area contributed by atoms with E-state index in [0.29, 0.717) is 11.5 Å². The van der Waals surface area contributed by atoms with E-state index < -0.39 is 5.97 Å². The zero-order valence-electron chi connectivity index (χ0n) is 6.43. The molecule has 1 aliphatic heterocycles. The molecule has 0 bridgehead atoms. The SMILES string of the molecule is C=CC(=O)OC1CSC(O)CS1. The van der Waals surface area contributed by atoms with Crippen LogP contribution in [0.25, 0.3) is 0 Å². The number of rotatable bonds is 2. The largest absolute Gasteiger partial charge is 0.447 e. The van der Waals surface area contributed by atoms with Gasteiger partial charge in [-0.25, -0.2) is 4.79 Å². The minimum absolute atomic E-state index is 0.135. The highest BCUT2D eigenvalue weighted by atomic mass is 32.2. The van der Waals surface area contributed by atoms with E-state index in [1.807, 2.05) is 0 Å². The maximum Gasteiger partial charge on any atom is 0.331 e. The molecule has 0 saturated carbocycles. The summed E-state index contributed by atoms with van der Waals surface area (Å²) in [4.78, 5) is 10.7. The summed E-state index contributed by atoms with van der Waals surface area (Å²) in [6, 6.07) is 0. The van der Waals surface area contributed by atoms with Gasteiger partial charge in [0.05, 0.1) is 0 Å². The van der Waals surface area contributed by atoms with Gasteiger partial charge in [-0.1, -0.05) is 6.58 Å². The van der Waals surface area contributed by atoms with Crippen molar-refractivity contribution in [2.24, 2.45) is 0 Å². The molecule has 0 spiro atoms. The fourth-order valence-electron chi connectivity index (χ4n) is 0.721. The van der Waals surface area contributed by atoms with Crippen LogP contribution in [0.4, 0.5) is 0 Å². The molecular formula is C7H10O3S2. The van der Waals surface area contributed by atoms with Crippen molar-refractivity contribution >= 4 is 29.5 Å². The number of aliphatic hydroxyl groups is 1. The molecule has 68 valence electrons. The Morgan fingerprint density at radius 1 is 1.58 bits per heavy atom. The monoisotopic (exact) mass is 206 g/mol. The van der Waals surface area contributed by atoms with Gasteiger partial charge in [0.2, 0.25) is 0 Å². The highest BCUT2D eigenvalue weighted by Crippen LogP contribution is 2.28. The van der Waals surface area contributed by atoms with E-state index >= 15 is 0 Å². The summed E-state index contributed by atoms with van der Waals surface area (Å²) in [5.41, 5.74) is -0.461. The molecule has 0 aromatic rings. The molecule has 1 heterocycles. The van der Waals surface area contributed by atoms with Gasteiger partial charge in [0.15, 0.2) is 5.44 Å². The fraction of sp³-hybridized carbons (Fsp3) is 0.571. The number of ether oxygens (including phenoxy) is 1. The topological polar surface area (TPSA) is 46.5 Å². The van der Waals surface area contributed by atoms with E-state index in [1.165, 1.54) is 23.5 Å². The minimum Gasteiger partial charge on any atom is -0.447 e. The molecule has 1 rings (SSSR count). The van der Waals surface area contributed by atoms with Gasteiger partial charge in [0.25, 0.3) is 0 Å². The number of carbonyl (C=O) groups excluding carboxylic acids is 1. The summed E-state index contributed by atoms with van der Waals surface area (Å²) in [6.07, 6.45) is 1.15. The van der Waals surface area contributed by atoms with Crippen molar-refractivity contribution in [2.45, 2.75) is 10.9 Å². The quantitative estimate of drug-likeness (QED) is 0.536. The van der Waals surface area contributed by atoms with Gasteiger partial charge in [-0.2, -0.15) is 0 Å². The van der Waals surface area contributed by atoms with Crippen molar-refractivity contribution < 1.29 is 14.6 Å². The molecule has 3 nitrogen and oxygen atoms in total. The van der Waals surface area contributed by atoms with Gasteiger partial charge in [-0.15, -0.1) is 23.5 Å². The molecule has 0 aliphatic carbocycles. The van der Waals surface area contributed by atoms with Crippen LogP contribution in [-0.4, -0.2) is 33.5 Å². The number of hydrogen-bond acceptors (Lipinski definition) is 5. The molecule has 1 aliphatic rings. The molecule has 0 radical (unpaired) electrons. The van der Waals surface area contributed by atoms with E-state index in [0.717, 1.165) is 6.08 Å². The van der Waals surface area contributed by atoms with Gasteiger partial charge in [-0.3, -0.25) is 0 Å². The first-order valence-electron chi connectivity index (χ1n) is 3.46. The zero-order valence-corrected chi connectivity index (χ0v) is 8.07. The predicted octanol–water partition coefficient (Wildman–Crippen LogP) is 0.840. The fourth-order valence-corrected chi connectivity index (χ4v) is 2.95. The predicted molar refractivity (Wildman–Crippen MR) is 51.0 cm³/mol. The first-order chi connectivity index (χ1) is 5.72. The maximum atomic E-state index is 10.7. The average molecular weight is 206 g/mol. The Morgan fingerprint density at radius 3 is 2.83 bits per heavy atom. The van der Waals surface area contributed by atoms with Crippen molar-refractivity contribution in [3.8, 4) is 0 Å². The molecule has 1 N–H and O–H groups in total. The van der Waals surface area contributed by atoms with Gasteiger partial charge >= 0.3 is 5.97 Å². The lowest BCUT2D eigenvalue weighted by molar-refractivity contribution is -0.138. The van der Waals surface area contributed by atoms with Crippen LogP contribution >= 0.6 is 23.5 Å². The van der Waals surface area contributed by atoms with Crippen LogP contribution in [0.5, 0.6) is 0 Å². The Balaban J connectivity index is 2.26. The molecule has 0 aromatic carbocycles. The van der Waals surface area contributed by atoms with Crippen LogP contribution in [0, 0.1) is 0 Å². The number of hydrogen-bond donors (Lipinski definition) is 1. The van der Waals surface area contributed by atoms with Crippen molar-refractivity contribution in [2.75, 3.05) is 11.5 Å². The standard InChI is InChI=1S/C7H10O3S2/c1-2-5(8)10-7-4-11-6(9)3-12-7/h2,6-7,9H,1,3-4H2. The molecule has 0 aromatic heterocycles. The lowest BCUT2D eigenvalue weighted by atomic mass is 10.6. The number of thioether (sulfide) groups is 2. The van der Waals surface area contributed by atoms with Crippen molar-refractivity contribution in [3.05, 3.63) is 12.7 Å². The van der Waals surface area contributed by atoms with Crippen molar-refractivity contribution in [1.82, 2.24) is 0 Å². The molecule has 2 unspecified atom stereocenters. The van der Waals surface area contributed by atoms with Gasteiger partial charge in [0.1, 0.15) is 5.44 Å². The Hall–Kier alpha value is -0.130. The van der Waals surface area contributed by atoms with Gasteiger partial charge in [-0.05, 0) is 0 Å². The first kappa shape index (κ1) is 9.95. The number of esters is 1. The molecule has 2 atom stereocenters. The van der Waals surface area contributed by atoms with Crippen LogP contribution in [-0.2, 0) is 9.53 Å². The number of aliphatic hydroxyl groups excluding tert-OH is 1. The van der Waals surface area contributed by atoms with Gasteiger partial charge < -0.3 is 9.84 Å². The molecular weight excluding hydrogens is 196 g/mol. The second kappa shape index (κ2) is 4.79. The zero-order chi connectivity index (χ0) is 8.97. The van der Waals surface area contributed by atoms with Crippen LogP contribution in [0.1, 0.15) is 0 Å². The second-order valence-electron chi connectivity index (χ2n) is 2.19. The van der Waals surface area contributed by atoms with Crippen LogP contribution in [0.2, 0.25) is 0 Å². The third-order valence-electron chi connectivity index (χ3n) is 1.26. The minimum atomic E-state index is -0.399. The molecule has 1 fully saturated rings. The maximum absolute atomic E-state index is 10.7. The molecule has 0 amide bonds. The summed E-state index contributed by atoms with van der Waals surface area (Å²) in [5.74, 6) is 0.857. The highest BCUT2D eigenvalue weighted by molar-refractivity contribution is 8.06. The smallest absolute Gasteiger partial charge is 0.331 e. The average Bonchev–Trinajstić information content (AvgIpc) is 2.09. The van der Waals surface area contributed by atoms with E-state index in [2.05, 4.69) is 6.58 Å². The van der Waals surface area contributed by atoms with Crippen molar-refractivity contribution in [3.63, 3.8) is 0 Å². The van der Waals surface area contributed by atoms with E-state index in [4.69, 9.17) is 9.84 Å². The van der Waals surface area contributed by atoms with E-state index in [1.54, 1.807) is 0 Å². The van der Waals surface area contributed by atoms with Crippen molar-refractivity contribution in [1.29, 1.82) is 0 Å².